The van der Waals surface area contributed by atoms with Crippen molar-refractivity contribution in [2.75, 3.05) is 20.3 Å². The number of carbonyl (C=O) groups excluding carboxylic acids is 1. The van der Waals surface area contributed by atoms with Crippen LogP contribution in [0.1, 0.15) is 19.8 Å². The van der Waals surface area contributed by atoms with E-state index in [1.807, 2.05) is 0 Å². The van der Waals surface area contributed by atoms with Crippen LogP contribution in [0.2, 0.25) is 0 Å². The standard InChI is InChI=1S/C8H14O3/c1-7(9)8(10-2)3-5-11-6-4-8/h3-6H2,1-2H3. The molecule has 0 aromatic rings. The summed E-state index contributed by atoms with van der Waals surface area (Å²) in [6.07, 6.45) is 1.39. The smallest absolute Gasteiger partial charge is 0.161 e. The molecule has 1 heterocycles. The molecular formula is C8H14O3. The molecule has 0 aliphatic carbocycles. The Kier molecular flexibility index (Phi) is 2.62. The van der Waals surface area contributed by atoms with E-state index in [9.17, 15) is 4.79 Å². The average Bonchev–Trinajstić information content (AvgIpc) is 2.05. The first-order valence-corrected chi connectivity index (χ1v) is 3.85. The number of carbonyl (C=O) groups is 1. The Labute approximate surface area is 66.7 Å². The van der Waals surface area contributed by atoms with Crippen molar-refractivity contribution in [3.8, 4) is 0 Å². The summed E-state index contributed by atoms with van der Waals surface area (Å²) in [6.45, 7) is 2.84. The number of rotatable bonds is 2. The van der Waals surface area contributed by atoms with Crippen LogP contribution in [-0.4, -0.2) is 31.7 Å². The highest BCUT2D eigenvalue weighted by atomic mass is 16.5. The van der Waals surface area contributed by atoms with E-state index >= 15 is 0 Å². The van der Waals surface area contributed by atoms with Gasteiger partial charge in [0.05, 0.1) is 0 Å². The highest BCUT2D eigenvalue weighted by Gasteiger charge is 2.36. The molecule has 1 fully saturated rings. The number of Topliss-reactive ketones (excluding diaryl/α,β-unsaturated/α-hetero) is 1. The Morgan fingerprint density at radius 1 is 1.45 bits per heavy atom. The number of hydrogen-bond acceptors (Lipinski definition) is 3. The highest BCUT2D eigenvalue weighted by Crippen LogP contribution is 2.24. The van der Waals surface area contributed by atoms with Crippen LogP contribution in [0, 0.1) is 0 Å². The second kappa shape index (κ2) is 3.32. The molecule has 0 spiro atoms. The van der Waals surface area contributed by atoms with Gasteiger partial charge in [0.2, 0.25) is 0 Å². The predicted octanol–water partition coefficient (Wildman–Crippen LogP) is 0.771. The van der Waals surface area contributed by atoms with Gasteiger partial charge in [0, 0.05) is 33.2 Å². The maximum atomic E-state index is 11.2. The van der Waals surface area contributed by atoms with Crippen LogP contribution in [0.15, 0.2) is 0 Å². The van der Waals surface area contributed by atoms with Crippen molar-refractivity contribution in [2.45, 2.75) is 25.4 Å². The van der Waals surface area contributed by atoms with Gasteiger partial charge >= 0.3 is 0 Å². The molecule has 1 rings (SSSR count). The fourth-order valence-electron chi connectivity index (χ4n) is 1.40. The highest BCUT2D eigenvalue weighted by molar-refractivity contribution is 5.85. The molecule has 0 unspecified atom stereocenters. The van der Waals surface area contributed by atoms with E-state index in [0.29, 0.717) is 26.1 Å². The summed E-state index contributed by atoms with van der Waals surface area (Å²) in [6, 6.07) is 0. The van der Waals surface area contributed by atoms with E-state index in [4.69, 9.17) is 9.47 Å². The molecule has 64 valence electrons. The van der Waals surface area contributed by atoms with Crippen molar-refractivity contribution in [3.05, 3.63) is 0 Å². The molecule has 0 atom stereocenters. The van der Waals surface area contributed by atoms with Crippen LogP contribution in [0.3, 0.4) is 0 Å². The van der Waals surface area contributed by atoms with Crippen LogP contribution in [-0.2, 0) is 14.3 Å². The Morgan fingerprint density at radius 3 is 2.27 bits per heavy atom. The first kappa shape index (κ1) is 8.68. The number of ether oxygens (including phenoxy) is 2. The molecular weight excluding hydrogens is 144 g/mol. The summed E-state index contributed by atoms with van der Waals surface area (Å²) in [5.74, 6) is 0.114. The number of hydrogen-bond donors (Lipinski definition) is 0. The zero-order chi connectivity index (χ0) is 8.32. The normalized spacial score (nSPS) is 23.1. The molecule has 0 bridgehead atoms. The third-order valence-electron chi connectivity index (χ3n) is 2.33. The lowest BCUT2D eigenvalue weighted by Crippen LogP contribution is -2.44. The van der Waals surface area contributed by atoms with Gasteiger partial charge in [-0.2, -0.15) is 0 Å². The molecule has 3 nitrogen and oxygen atoms in total. The molecule has 0 aromatic carbocycles. The molecule has 0 aromatic heterocycles. The van der Waals surface area contributed by atoms with E-state index in [2.05, 4.69) is 0 Å². The minimum atomic E-state index is -0.543. The molecule has 0 radical (unpaired) electrons. The Bertz CT molecular complexity index is 147. The first-order valence-electron chi connectivity index (χ1n) is 3.85. The Balaban J connectivity index is 2.64. The summed E-state index contributed by atoms with van der Waals surface area (Å²) in [4.78, 5) is 11.2. The van der Waals surface area contributed by atoms with Crippen molar-refractivity contribution in [1.29, 1.82) is 0 Å². The zero-order valence-electron chi connectivity index (χ0n) is 7.05. The second-order valence-corrected chi connectivity index (χ2v) is 2.87. The van der Waals surface area contributed by atoms with Crippen LogP contribution in [0.4, 0.5) is 0 Å². The Morgan fingerprint density at radius 2 is 2.00 bits per heavy atom. The van der Waals surface area contributed by atoms with Crippen molar-refractivity contribution in [2.24, 2.45) is 0 Å². The summed E-state index contributed by atoms with van der Waals surface area (Å²) < 4.78 is 10.4. The van der Waals surface area contributed by atoms with Gasteiger partial charge in [-0.05, 0) is 6.92 Å². The van der Waals surface area contributed by atoms with Gasteiger partial charge in [-0.1, -0.05) is 0 Å². The van der Waals surface area contributed by atoms with Crippen molar-refractivity contribution >= 4 is 5.78 Å². The summed E-state index contributed by atoms with van der Waals surface area (Å²) in [5.41, 5.74) is -0.543. The lowest BCUT2D eigenvalue weighted by molar-refractivity contribution is -0.150. The third-order valence-corrected chi connectivity index (χ3v) is 2.33. The third kappa shape index (κ3) is 1.60. The van der Waals surface area contributed by atoms with E-state index in [0.717, 1.165) is 0 Å². The van der Waals surface area contributed by atoms with Gasteiger partial charge in [0.15, 0.2) is 5.78 Å². The summed E-state index contributed by atoms with van der Waals surface area (Å²) >= 11 is 0. The lowest BCUT2D eigenvalue weighted by Gasteiger charge is -2.33. The minimum absolute atomic E-state index is 0.114. The van der Waals surface area contributed by atoms with Crippen molar-refractivity contribution in [3.63, 3.8) is 0 Å². The van der Waals surface area contributed by atoms with Gasteiger partial charge < -0.3 is 9.47 Å². The first-order chi connectivity index (χ1) is 5.21. The van der Waals surface area contributed by atoms with Crippen molar-refractivity contribution in [1.82, 2.24) is 0 Å². The van der Waals surface area contributed by atoms with E-state index < -0.39 is 5.60 Å². The van der Waals surface area contributed by atoms with Gasteiger partial charge in [-0.25, -0.2) is 0 Å². The number of methoxy groups -OCH3 is 1. The van der Waals surface area contributed by atoms with E-state index in [-0.39, 0.29) is 5.78 Å². The predicted molar refractivity (Wildman–Crippen MR) is 40.5 cm³/mol. The Hall–Kier alpha value is -0.410. The summed E-state index contributed by atoms with van der Waals surface area (Å²) in [7, 11) is 1.59. The second-order valence-electron chi connectivity index (χ2n) is 2.87. The van der Waals surface area contributed by atoms with Gasteiger partial charge in [0.1, 0.15) is 5.60 Å². The molecule has 1 aliphatic heterocycles. The maximum absolute atomic E-state index is 11.2. The van der Waals surface area contributed by atoms with Crippen molar-refractivity contribution < 1.29 is 14.3 Å². The van der Waals surface area contributed by atoms with Gasteiger partial charge in [-0.3, -0.25) is 4.79 Å². The fraction of sp³-hybridized carbons (Fsp3) is 0.875. The molecule has 1 saturated heterocycles. The van der Waals surface area contributed by atoms with Gasteiger partial charge in [0.25, 0.3) is 0 Å². The molecule has 0 N–H and O–H groups in total. The largest absolute Gasteiger partial charge is 0.381 e. The molecule has 11 heavy (non-hydrogen) atoms. The summed E-state index contributed by atoms with van der Waals surface area (Å²) in [5, 5.41) is 0. The molecule has 3 heteroatoms. The fourth-order valence-corrected chi connectivity index (χ4v) is 1.40. The van der Waals surface area contributed by atoms with Crippen LogP contribution in [0.5, 0.6) is 0 Å². The average molecular weight is 158 g/mol. The maximum Gasteiger partial charge on any atom is 0.161 e. The van der Waals surface area contributed by atoms with Crippen LogP contribution < -0.4 is 0 Å². The SMILES string of the molecule is COC1(C(C)=O)CCOCC1. The van der Waals surface area contributed by atoms with E-state index in [1.165, 1.54) is 0 Å². The monoisotopic (exact) mass is 158 g/mol. The van der Waals surface area contributed by atoms with Crippen LogP contribution in [0.25, 0.3) is 0 Å². The molecule has 1 aliphatic rings. The zero-order valence-corrected chi connectivity index (χ0v) is 7.05. The van der Waals surface area contributed by atoms with Crippen LogP contribution >= 0.6 is 0 Å². The van der Waals surface area contributed by atoms with Gasteiger partial charge in [-0.15, -0.1) is 0 Å². The minimum Gasteiger partial charge on any atom is -0.381 e. The number of ketones is 1. The molecule has 0 amide bonds. The van der Waals surface area contributed by atoms with E-state index in [1.54, 1.807) is 14.0 Å². The topological polar surface area (TPSA) is 35.5 Å². The quantitative estimate of drug-likeness (QED) is 0.595. The lowest BCUT2D eigenvalue weighted by atomic mass is 9.90. The molecule has 0 saturated carbocycles.